The third kappa shape index (κ3) is 8.20. The zero-order valence-electron chi connectivity index (χ0n) is 18.9. The molecular weight excluding hydrogens is 354 g/mol. The van der Waals surface area contributed by atoms with Crippen LogP contribution in [-0.4, -0.2) is 53.6 Å². The lowest BCUT2D eigenvalue weighted by atomic mass is 9.86. The maximum atomic E-state index is 12.5. The summed E-state index contributed by atoms with van der Waals surface area (Å²) >= 11 is 0. The molecule has 0 amide bonds. The molecule has 0 aromatic carbocycles. The predicted octanol–water partition coefficient (Wildman–Crippen LogP) is 4.07. The molecule has 1 aliphatic heterocycles. The Balaban J connectivity index is 3.04. The van der Waals surface area contributed by atoms with Gasteiger partial charge in [-0.1, -0.05) is 34.6 Å². The fraction of sp³-hybridized carbons (Fsp3) is 0.913. The van der Waals surface area contributed by atoms with Gasteiger partial charge in [0.25, 0.3) is 0 Å². The molecule has 0 spiro atoms. The average Bonchev–Trinajstić information content (AvgIpc) is 2.63. The molecule has 0 aliphatic carbocycles. The lowest BCUT2D eigenvalue weighted by molar-refractivity contribution is -0.161. The van der Waals surface area contributed by atoms with Crippen molar-refractivity contribution in [3.8, 4) is 0 Å². The Morgan fingerprint density at radius 3 is 2.32 bits per heavy atom. The van der Waals surface area contributed by atoms with Crippen LogP contribution < -0.4 is 0 Å². The van der Waals surface area contributed by atoms with E-state index in [1.807, 2.05) is 13.8 Å². The molecule has 1 fully saturated rings. The molecule has 1 N–H and O–H groups in total. The van der Waals surface area contributed by atoms with Crippen molar-refractivity contribution in [1.82, 2.24) is 4.90 Å². The van der Waals surface area contributed by atoms with Gasteiger partial charge in [-0.15, -0.1) is 0 Å². The average molecular weight is 398 g/mol. The highest BCUT2D eigenvalue weighted by Gasteiger charge is 2.29. The number of rotatable bonds is 4. The molecule has 7 atom stereocenters. The monoisotopic (exact) mass is 397 g/mol. The smallest absolute Gasteiger partial charge is 0.309 e. The molecule has 164 valence electrons. The summed E-state index contributed by atoms with van der Waals surface area (Å²) in [5, 5.41) is 10.7. The maximum Gasteiger partial charge on any atom is 0.309 e. The number of cyclic esters (lactones) is 1. The van der Waals surface area contributed by atoms with Crippen LogP contribution in [0.2, 0.25) is 0 Å². The number of hydrogen-bond acceptors (Lipinski definition) is 5. The summed E-state index contributed by atoms with van der Waals surface area (Å²) < 4.78 is 5.67. The van der Waals surface area contributed by atoms with Crippen LogP contribution in [0.3, 0.4) is 0 Å². The van der Waals surface area contributed by atoms with Crippen LogP contribution in [0.4, 0.5) is 0 Å². The van der Waals surface area contributed by atoms with Gasteiger partial charge in [0.1, 0.15) is 12.4 Å². The van der Waals surface area contributed by atoms with Crippen LogP contribution in [0.5, 0.6) is 0 Å². The van der Waals surface area contributed by atoms with E-state index in [9.17, 15) is 14.7 Å². The summed E-state index contributed by atoms with van der Waals surface area (Å²) in [6.45, 7) is 14.4. The fourth-order valence-electron chi connectivity index (χ4n) is 4.62. The number of nitrogens with zero attached hydrogens (tertiary/aromatic N) is 1. The Hall–Kier alpha value is -0.940. The van der Waals surface area contributed by atoms with E-state index >= 15 is 0 Å². The quantitative estimate of drug-likeness (QED) is 0.572. The molecule has 1 aliphatic rings. The Morgan fingerprint density at radius 2 is 1.75 bits per heavy atom. The van der Waals surface area contributed by atoms with E-state index in [2.05, 4.69) is 32.6 Å². The van der Waals surface area contributed by atoms with E-state index in [4.69, 9.17) is 4.74 Å². The lowest BCUT2D eigenvalue weighted by Gasteiger charge is -2.33. The summed E-state index contributed by atoms with van der Waals surface area (Å²) in [6, 6.07) is 0.323. The van der Waals surface area contributed by atoms with Crippen molar-refractivity contribution in [1.29, 1.82) is 0 Å². The first kappa shape index (κ1) is 25.1. The molecule has 1 rings (SSSR count). The van der Waals surface area contributed by atoms with Gasteiger partial charge in [-0.05, 0) is 63.8 Å². The second-order valence-corrected chi connectivity index (χ2v) is 9.25. The van der Waals surface area contributed by atoms with Gasteiger partial charge in [0.15, 0.2) is 0 Å². The zero-order valence-corrected chi connectivity index (χ0v) is 18.9. The van der Waals surface area contributed by atoms with E-state index in [-0.39, 0.29) is 29.6 Å². The highest BCUT2D eigenvalue weighted by molar-refractivity contribution is 5.72. The number of carbonyl (C=O) groups is 2. The topological polar surface area (TPSA) is 66.8 Å². The van der Waals surface area contributed by atoms with Crippen molar-refractivity contribution in [2.45, 2.75) is 98.3 Å². The van der Waals surface area contributed by atoms with Gasteiger partial charge >= 0.3 is 5.97 Å². The molecule has 0 radical (unpaired) electrons. The SMILES string of the molecule is CCCN1C[C@@H](C)C[C@H](O)[C@@H](CC)OC(=O)C(C)C[C@H](C)C[C@@H](C=O)C[C@H]1C. The third-order valence-electron chi connectivity index (χ3n) is 6.12. The van der Waals surface area contributed by atoms with Gasteiger partial charge in [-0.2, -0.15) is 0 Å². The van der Waals surface area contributed by atoms with Crippen molar-refractivity contribution in [3.05, 3.63) is 0 Å². The largest absolute Gasteiger partial charge is 0.459 e. The second-order valence-electron chi connectivity index (χ2n) is 9.25. The van der Waals surface area contributed by atoms with Crippen molar-refractivity contribution in [3.63, 3.8) is 0 Å². The van der Waals surface area contributed by atoms with Crippen LogP contribution >= 0.6 is 0 Å². The van der Waals surface area contributed by atoms with Gasteiger partial charge in [-0.25, -0.2) is 0 Å². The molecule has 0 aromatic heterocycles. The summed E-state index contributed by atoms with van der Waals surface area (Å²) in [4.78, 5) is 26.7. The maximum absolute atomic E-state index is 12.5. The number of aliphatic hydroxyl groups excluding tert-OH is 1. The van der Waals surface area contributed by atoms with Gasteiger partial charge in [0.05, 0.1) is 12.0 Å². The second kappa shape index (κ2) is 12.6. The van der Waals surface area contributed by atoms with Crippen molar-refractivity contribution >= 4 is 12.3 Å². The minimum absolute atomic E-state index is 0.0157. The first-order valence-corrected chi connectivity index (χ1v) is 11.3. The van der Waals surface area contributed by atoms with E-state index in [1.54, 1.807) is 0 Å². The molecule has 0 saturated carbocycles. The molecule has 28 heavy (non-hydrogen) atoms. The number of aliphatic hydroxyl groups is 1. The molecule has 1 heterocycles. The van der Waals surface area contributed by atoms with Crippen LogP contribution in [0.15, 0.2) is 0 Å². The summed E-state index contributed by atoms with van der Waals surface area (Å²) in [5.41, 5.74) is 0. The third-order valence-corrected chi connectivity index (χ3v) is 6.12. The first-order valence-electron chi connectivity index (χ1n) is 11.3. The number of aldehydes is 1. The first-order chi connectivity index (χ1) is 13.2. The lowest BCUT2D eigenvalue weighted by Crippen LogP contribution is -2.40. The molecule has 5 nitrogen and oxygen atoms in total. The van der Waals surface area contributed by atoms with Crippen molar-refractivity contribution in [2.75, 3.05) is 13.1 Å². The minimum atomic E-state index is -0.639. The summed E-state index contributed by atoms with van der Waals surface area (Å²) in [6.07, 6.45) is 4.66. The molecule has 0 bridgehead atoms. The molecule has 1 saturated heterocycles. The Labute approximate surface area is 172 Å². The highest BCUT2D eigenvalue weighted by atomic mass is 16.6. The van der Waals surface area contributed by atoms with Crippen LogP contribution in [0, 0.1) is 23.7 Å². The van der Waals surface area contributed by atoms with Crippen LogP contribution in [0.1, 0.15) is 80.1 Å². The summed E-state index contributed by atoms with van der Waals surface area (Å²) in [7, 11) is 0. The fourth-order valence-corrected chi connectivity index (χ4v) is 4.62. The number of hydrogen-bond donors (Lipinski definition) is 1. The Morgan fingerprint density at radius 1 is 1.07 bits per heavy atom. The number of carbonyl (C=O) groups excluding carboxylic acids is 2. The van der Waals surface area contributed by atoms with E-state index in [1.165, 1.54) is 0 Å². The Kier molecular flexibility index (Phi) is 11.3. The standard InChI is InChI=1S/C23H43NO4/c1-7-9-24-14-17(4)12-21(26)22(8-2)28-23(27)18(5)10-16(3)11-20(15-25)13-19(24)6/h15-22,26H,7-14H2,1-6H3/t16-,17-,18?,19+,20+,21-,22+/m0/s1. The highest BCUT2D eigenvalue weighted by Crippen LogP contribution is 2.26. The van der Waals surface area contributed by atoms with E-state index in [0.717, 1.165) is 38.6 Å². The summed E-state index contributed by atoms with van der Waals surface area (Å²) in [5.74, 6) is 0.123. The van der Waals surface area contributed by atoms with Gasteiger partial charge in [0, 0.05) is 18.5 Å². The number of esters is 1. The predicted molar refractivity (Wildman–Crippen MR) is 113 cm³/mol. The van der Waals surface area contributed by atoms with Gasteiger partial charge < -0.3 is 19.5 Å². The van der Waals surface area contributed by atoms with Gasteiger partial charge in [-0.3, -0.25) is 4.79 Å². The zero-order chi connectivity index (χ0) is 21.3. The van der Waals surface area contributed by atoms with Crippen LogP contribution in [-0.2, 0) is 14.3 Å². The minimum Gasteiger partial charge on any atom is -0.459 e. The van der Waals surface area contributed by atoms with Crippen LogP contribution in [0.25, 0.3) is 0 Å². The normalized spacial score (nSPS) is 37.5. The Bertz CT molecular complexity index is 470. The van der Waals surface area contributed by atoms with E-state index in [0.29, 0.717) is 25.3 Å². The molecule has 1 unspecified atom stereocenters. The molecule has 5 heteroatoms. The number of ether oxygens (including phenoxy) is 1. The van der Waals surface area contributed by atoms with E-state index < -0.39 is 12.2 Å². The molecular formula is C23H43NO4. The van der Waals surface area contributed by atoms with Gasteiger partial charge in [0.2, 0.25) is 0 Å². The van der Waals surface area contributed by atoms with Crippen molar-refractivity contribution in [2.24, 2.45) is 23.7 Å². The molecule has 0 aromatic rings. The van der Waals surface area contributed by atoms with Crippen molar-refractivity contribution < 1.29 is 19.4 Å².